The molecule has 3 heteroatoms. The molecule has 0 aromatic heterocycles. The average molecular weight is 149 g/mol. The van der Waals surface area contributed by atoms with Crippen LogP contribution in [0.4, 0.5) is 0 Å². The molecule has 3 N–H and O–H groups in total. The van der Waals surface area contributed by atoms with E-state index in [1.807, 2.05) is 19.1 Å². The Morgan fingerprint density at radius 2 is 2.36 bits per heavy atom. The highest BCUT2D eigenvalue weighted by molar-refractivity contribution is 6.08. The standard InChI is InChI=1S/C8H11N3/c1-2-3-8(9)7-4-5-10-11-6-7/h2-6,9-11H,1H3/b3-2-,9-8?. The van der Waals surface area contributed by atoms with Gasteiger partial charge in [0, 0.05) is 18.0 Å². The summed E-state index contributed by atoms with van der Waals surface area (Å²) in [6.07, 6.45) is 8.96. The van der Waals surface area contributed by atoms with Gasteiger partial charge in [-0.3, -0.25) is 0 Å². The lowest BCUT2D eigenvalue weighted by Crippen LogP contribution is -2.24. The van der Waals surface area contributed by atoms with Gasteiger partial charge >= 0.3 is 0 Å². The van der Waals surface area contributed by atoms with E-state index in [2.05, 4.69) is 10.9 Å². The van der Waals surface area contributed by atoms with Crippen LogP contribution in [-0.4, -0.2) is 5.71 Å². The number of rotatable bonds is 2. The van der Waals surface area contributed by atoms with Crippen molar-refractivity contribution in [2.75, 3.05) is 0 Å². The van der Waals surface area contributed by atoms with Gasteiger partial charge in [-0.05, 0) is 19.1 Å². The highest BCUT2D eigenvalue weighted by Gasteiger charge is 1.98. The predicted octanol–water partition coefficient (Wildman–Crippen LogP) is 1.09. The zero-order valence-corrected chi connectivity index (χ0v) is 6.39. The van der Waals surface area contributed by atoms with Crippen molar-refractivity contribution in [1.29, 1.82) is 5.41 Å². The first-order valence-corrected chi connectivity index (χ1v) is 3.44. The molecule has 0 atom stereocenters. The molecule has 0 saturated carbocycles. The summed E-state index contributed by atoms with van der Waals surface area (Å²) in [5.74, 6) is 0. The Morgan fingerprint density at radius 3 is 2.91 bits per heavy atom. The first-order valence-electron chi connectivity index (χ1n) is 3.44. The summed E-state index contributed by atoms with van der Waals surface area (Å²) in [6.45, 7) is 1.90. The summed E-state index contributed by atoms with van der Waals surface area (Å²) in [6, 6.07) is 0. The Bertz CT molecular complexity index is 236. The Balaban J connectivity index is 2.67. The minimum Gasteiger partial charge on any atom is -0.309 e. The van der Waals surface area contributed by atoms with E-state index in [-0.39, 0.29) is 0 Å². The number of nitrogens with one attached hydrogen (secondary N) is 3. The van der Waals surface area contributed by atoms with Crippen molar-refractivity contribution in [3.8, 4) is 0 Å². The summed E-state index contributed by atoms with van der Waals surface area (Å²) in [4.78, 5) is 0. The van der Waals surface area contributed by atoms with Crippen LogP contribution in [0.3, 0.4) is 0 Å². The predicted molar refractivity (Wildman–Crippen MR) is 46.0 cm³/mol. The molecule has 1 aliphatic rings. The number of hydrazine groups is 1. The molecule has 0 aromatic rings. The lowest BCUT2D eigenvalue weighted by atomic mass is 10.1. The molecule has 0 fully saturated rings. The van der Waals surface area contributed by atoms with Crippen molar-refractivity contribution in [3.63, 3.8) is 0 Å². The van der Waals surface area contributed by atoms with Crippen molar-refractivity contribution in [2.45, 2.75) is 6.92 Å². The SMILES string of the molecule is C/C=C\C(=N)C1=CNNC=C1. The molecule has 0 aliphatic carbocycles. The van der Waals surface area contributed by atoms with Crippen LogP contribution in [0.15, 0.2) is 36.2 Å². The molecule has 0 bridgehead atoms. The van der Waals surface area contributed by atoms with Gasteiger partial charge in [0.1, 0.15) is 0 Å². The van der Waals surface area contributed by atoms with E-state index in [1.165, 1.54) is 0 Å². The molecule has 1 aliphatic heterocycles. The summed E-state index contributed by atoms with van der Waals surface area (Å²) in [5, 5.41) is 7.51. The second kappa shape index (κ2) is 3.61. The zero-order valence-electron chi connectivity index (χ0n) is 6.39. The molecule has 0 aromatic carbocycles. The van der Waals surface area contributed by atoms with Crippen LogP contribution in [0, 0.1) is 5.41 Å². The molecule has 11 heavy (non-hydrogen) atoms. The number of hydrogen-bond donors (Lipinski definition) is 3. The molecule has 58 valence electrons. The smallest absolute Gasteiger partial charge is 0.0624 e. The highest BCUT2D eigenvalue weighted by atomic mass is 15.3. The third-order valence-electron chi connectivity index (χ3n) is 1.30. The Kier molecular flexibility index (Phi) is 2.49. The van der Waals surface area contributed by atoms with Gasteiger partial charge in [0.05, 0.1) is 5.71 Å². The van der Waals surface area contributed by atoms with E-state index < -0.39 is 0 Å². The molecule has 0 saturated heterocycles. The van der Waals surface area contributed by atoms with Gasteiger partial charge < -0.3 is 16.3 Å². The first kappa shape index (κ1) is 7.60. The Morgan fingerprint density at radius 1 is 1.55 bits per heavy atom. The summed E-state index contributed by atoms with van der Waals surface area (Å²) in [5.41, 5.74) is 6.97. The Hall–Kier alpha value is -1.51. The fraction of sp³-hybridized carbons (Fsp3) is 0.125. The molecule has 0 amide bonds. The van der Waals surface area contributed by atoms with Crippen LogP contribution in [0.1, 0.15) is 6.92 Å². The normalized spacial score (nSPS) is 15.5. The van der Waals surface area contributed by atoms with Crippen LogP contribution >= 0.6 is 0 Å². The monoisotopic (exact) mass is 149 g/mol. The third-order valence-corrected chi connectivity index (χ3v) is 1.30. The molecule has 3 nitrogen and oxygen atoms in total. The van der Waals surface area contributed by atoms with E-state index in [0.717, 1.165) is 5.57 Å². The maximum Gasteiger partial charge on any atom is 0.0624 e. The van der Waals surface area contributed by atoms with Crippen molar-refractivity contribution < 1.29 is 0 Å². The van der Waals surface area contributed by atoms with Crippen LogP contribution in [-0.2, 0) is 0 Å². The minimum atomic E-state index is 0.512. The van der Waals surface area contributed by atoms with Gasteiger partial charge in [-0.25, -0.2) is 0 Å². The largest absolute Gasteiger partial charge is 0.309 e. The molecule has 0 unspecified atom stereocenters. The van der Waals surface area contributed by atoms with E-state index >= 15 is 0 Å². The molecule has 1 rings (SSSR count). The number of hydrogen-bond acceptors (Lipinski definition) is 3. The van der Waals surface area contributed by atoms with Gasteiger partial charge in [0.25, 0.3) is 0 Å². The van der Waals surface area contributed by atoms with Gasteiger partial charge in [0.15, 0.2) is 0 Å². The summed E-state index contributed by atoms with van der Waals surface area (Å²) < 4.78 is 0. The minimum absolute atomic E-state index is 0.512. The molecule has 0 radical (unpaired) electrons. The molecule has 1 heterocycles. The van der Waals surface area contributed by atoms with Crippen molar-refractivity contribution >= 4 is 5.71 Å². The number of allylic oxidation sites excluding steroid dienone is 4. The van der Waals surface area contributed by atoms with E-state index in [4.69, 9.17) is 5.41 Å². The zero-order chi connectivity index (χ0) is 8.10. The van der Waals surface area contributed by atoms with Gasteiger partial charge in [-0.15, -0.1) is 0 Å². The fourth-order valence-electron chi connectivity index (χ4n) is 0.778. The molecular formula is C8H11N3. The van der Waals surface area contributed by atoms with Gasteiger partial charge in [-0.2, -0.15) is 0 Å². The van der Waals surface area contributed by atoms with E-state index in [1.54, 1.807) is 18.5 Å². The topological polar surface area (TPSA) is 47.9 Å². The summed E-state index contributed by atoms with van der Waals surface area (Å²) >= 11 is 0. The fourth-order valence-corrected chi connectivity index (χ4v) is 0.778. The molecule has 0 spiro atoms. The van der Waals surface area contributed by atoms with Crippen LogP contribution in [0.5, 0.6) is 0 Å². The van der Waals surface area contributed by atoms with Crippen LogP contribution in [0.2, 0.25) is 0 Å². The lowest BCUT2D eigenvalue weighted by molar-refractivity contribution is 0.763. The highest BCUT2D eigenvalue weighted by Crippen LogP contribution is 2.00. The van der Waals surface area contributed by atoms with Crippen LogP contribution < -0.4 is 10.9 Å². The Labute approximate surface area is 66.0 Å². The average Bonchev–Trinajstić information content (AvgIpc) is 2.07. The quantitative estimate of drug-likeness (QED) is 0.515. The lowest BCUT2D eigenvalue weighted by Gasteiger charge is -2.08. The first-order chi connectivity index (χ1) is 5.34. The second-order valence-electron chi connectivity index (χ2n) is 2.14. The third kappa shape index (κ3) is 1.97. The molecular weight excluding hydrogens is 138 g/mol. The van der Waals surface area contributed by atoms with Crippen molar-refractivity contribution in [2.24, 2.45) is 0 Å². The van der Waals surface area contributed by atoms with E-state index in [9.17, 15) is 0 Å². The summed E-state index contributed by atoms with van der Waals surface area (Å²) in [7, 11) is 0. The van der Waals surface area contributed by atoms with Crippen molar-refractivity contribution in [3.05, 3.63) is 36.2 Å². The van der Waals surface area contributed by atoms with Crippen LogP contribution in [0.25, 0.3) is 0 Å². The van der Waals surface area contributed by atoms with Gasteiger partial charge in [-0.1, -0.05) is 6.08 Å². The maximum absolute atomic E-state index is 7.51. The van der Waals surface area contributed by atoms with Gasteiger partial charge in [0.2, 0.25) is 0 Å². The van der Waals surface area contributed by atoms with Crippen molar-refractivity contribution in [1.82, 2.24) is 10.9 Å². The maximum atomic E-state index is 7.51. The van der Waals surface area contributed by atoms with E-state index in [0.29, 0.717) is 5.71 Å². The second-order valence-corrected chi connectivity index (χ2v) is 2.14.